The van der Waals surface area contributed by atoms with Gasteiger partial charge in [0, 0.05) is 5.25 Å². The van der Waals surface area contributed by atoms with Crippen LogP contribution in [-0.2, 0) is 11.3 Å². The molecule has 0 saturated carbocycles. The summed E-state index contributed by atoms with van der Waals surface area (Å²) in [5.74, 6) is 0.802. The van der Waals surface area contributed by atoms with Gasteiger partial charge in [-0.1, -0.05) is 12.1 Å². The van der Waals surface area contributed by atoms with Gasteiger partial charge in [-0.15, -0.1) is 11.8 Å². The average Bonchev–Trinajstić information content (AvgIpc) is 2.96. The number of amides is 1. The van der Waals surface area contributed by atoms with Gasteiger partial charge in [0.05, 0.1) is 18.6 Å². The van der Waals surface area contributed by atoms with Crippen LogP contribution in [0.4, 0.5) is 4.39 Å². The molecule has 0 aliphatic carbocycles. The lowest BCUT2D eigenvalue weighted by Crippen LogP contribution is -2.24. The highest BCUT2D eigenvalue weighted by atomic mass is 32.2. The number of rotatable bonds is 6. The Hall–Kier alpha value is -1.75. The lowest BCUT2D eigenvalue weighted by Gasteiger charge is -2.11. The number of thioether (sulfide) groups is 1. The van der Waals surface area contributed by atoms with E-state index in [-0.39, 0.29) is 17.0 Å². The van der Waals surface area contributed by atoms with Crippen LogP contribution in [0.2, 0.25) is 0 Å². The highest BCUT2D eigenvalue weighted by Gasteiger charge is 2.09. The van der Waals surface area contributed by atoms with Gasteiger partial charge in [0.1, 0.15) is 11.6 Å². The normalized spacial score (nSPS) is 12.1. The summed E-state index contributed by atoms with van der Waals surface area (Å²) < 4.78 is 18.0. The molecular weight excluding hydrogens is 277 g/mol. The Morgan fingerprint density at radius 2 is 2.10 bits per heavy atom. The van der Waals surface area contributed by atoms with Gasteiger partial charge in [-0.3, -0.25) is 4.79 Å². The molecule has 0 radical (unpaired) electrons. The van der Waals surface area contributed by atoms with Crippen LogP contribution in [0, 0.1) is 5.82 Å². The summed E-state index contributed by atoms with van der Waals surface area (Å²) in [7, 11) is 0. The molecule has 1 unspecified atom stereocenters. The molecule has 106 valence electrons. The number of benzene rings is 1. The zero-order valence-corrected chi connectivity index (χ0v) is 12.0. The van der Waals surface area contributed by atoms with Crippen LogP contribution >= 0.6 is 11.8 Å². The van der Waals surface area contributed by atoms with Gasteiger partial charge in [0.25, 0.3) is 0 Å². The molecule has 0 aliphatic heterocycles. The van der Waals surface area contributed by atoms with Crippen molar-refractivity contribution in [3.63, 3.8) is 0 Å². The Balaban J connectivity index is 1.73. The summed E-state index contributed by atoms with van der Waals surface area (Å²) in [6, 6.07) is 9.95. The van der Waals surface area contributed by atoms with E-state index in [0.717, 1.165) is 11.3 Å². The third-order valence-electron chi connectivity index (χ3n) is 2.84. The van der Waals surface area contributed by atoms with Gasteiger partial charge in [-0.25, -0.2) is 4.39 Å². The van der Waals surface area contributed by atoms with Crippen molar-refractivity contribution in [2.24, 2.45) is 0 Å². The lowest BCUT2D eigenvalue weighted by atomic mass is 10.2. The van der Waals surface area contributed by atoms with Crippen molar-refractivity contribution in [2.45, 2.75) is 18.7 Å². The SMILES string of the molecule is CC(SCC(=O)NCc1ccco1)c1ccc(F)cc1. The highest BCUT2D eigenvalue weighted by molar-refractivity contribution is 8.00. The van der Waals surface area contributed by atoms with E-state index >= 15 is 0 Å². The monoisotopic (exact) mass is 293 g/mol. The minimum absolute atomic E-state index is 0.0413. The van der Waals surface area contributed by atoms with E-state index in [1.807, 2.05) is 13.0 Å². The van der Waals surface area contributed by atoms with Gasteiger partial charge in [-0.05, 0) is 36.8 Å². The Morgan fingerprint density at radius 3 is 2.75 bits per heavy atom. The molecule has 1 amide bonds. The van der Waals surface area contributed by atoms with Gasteiger partial charge < -0.3 is 9.73 Å². The Morgan fingerprint density at radius 1 is 1.35 bits per heavy atom. The smallest absolute Gasteiger partial charge is 0.230 e. The standard InChI is InChI=1S/C15H16FNO2S/c1-11(12-4-6-13(16)7-5-12)20-10-15(18)17-9-14-3-2-8-19-14/h2-8,11H,9-10H2,1H3,(H,17,18). The lowest BCUT2D eigenvalue weighted by molar-refractivity contribution is -0.118. The first-order valence-electron chi connectivity index (χ1n) is 6.31. The van der Waals surface area contributed by atoms with E-state index in [2.05, 4.69) is 5.32 Å². The molecule has 0 fully saturated rings. The maximum absolute atomic E-state index is 12.8. The summed E-state index contributed by atoms with van der Waals surface area (Å²) in [4.78, 5) is 11.7. The van der Waals surface area contributed by atoms with Crippen molar-refractivity contribution in [1.82, 2.24) is 5.32 Å². The number of carbonyl (C=O) groups is 1. The van der Waals surface area contributed by atoms with E-state index < -0.39 is 0 Å². The molecule has 0 aliphatic rings. The van der Waals surface area contributed by atoms with E-state index in [0.29, 0.717) is 12.3 Å². The van der Waals surface area contributed by atoms with Gasteiger partial charge in [-0.2, -0.15) is 0 Å². The number of hydrogen-bond acceptors (Lipinski definition) is 3. The van der Waals surface area contributed by atoms with E-state index in [4.69, 9.17) is 4.42 Å². The maximum atomic E-state index is 12.8. The largest absolute Gasteiger partial charge is 0.467 e. The topological polar surface area (TPSA) is 42.2 Å². The van der Waals surface area contributed by atoms with Crippen LogP contribution in [0.3, 0.4) is 0 Å². The van der Waals surface area contributed by atoms with Crippen molar-refractivity contribution in [3.8, 4) is 0 Å². The number of hydrogen-bond donors (Lipinski definition) is 1. The molecule has 0 spiro atoms. The quantitative estimate of drug-likeness (QED) is 0.886. The summed E-state index contributed by atoms with van der Waals surface area (Å²) in [5, 5.41) is 2.93. The van der Waals surface area contributed by atoms with E-state index in [9.17, 15) is 9.18 Å². The number of halogens is 1. The van der Waals surface area contributed by atoms with Gasteiger partial charge >= 0.3 is 0 Å². The molecule has 1 N–H and O–H groups in total. The van der Waals surface area contributed by atoms with Gasteiger partial charge in [0.2, 0.25) is 5.91 Å². The summed E-state index contributed by atoms with van der Waals surface area (Å²) in [6.45, 7) is 2.40. The number of furan rings is 1. The molecule has 1 heterocycles. The molecule has 0 bridgehead atoms. The van der Waals surface area contributed by atoms with Crippen molar-refractivity contribution in [2.75, 3.05) is 5.75 Å². The summed E-state index contributed by atoms with van der Waals surface area (Å²) in [6.07, 6.45) is 1.58. The van der Waals surface area contributed by atoms with Gasteiger partial charge in [0.15, 0.2) is 0 Å². The second-order valence-electron chi connectivity index (χ2n) is 4.36. The maximum Gasteiger partial charge on any atom is 0.230 e. The van der Waals surface area contributed by atoms with Crippen LogP contribution < -0.4 is 5.32 Å². The zero-order valence-electron chi connectivity index (χ0n) is 11.1. The molecule has 5 heteroatoms. The first-order valence-corrected chi connectivity index (χ1v) is 7.36. The van der Waals surface area contributed by atoms with Crippen LogP contribution in [0.5, 0.6) is 0 Å². The fraction of sp³-hybridized carbons (Fsp3) is 0.267. The Bertz CT molecular complexity index is 540. The molecular formula is C15H16FNO2S. The molecule has 2 rings (SSSR count). The minimum Gasteiger partial charge on any atom is -0.467 e. The predicted molar refractivity (Wildman–Crippen MR) is 77.8 cm³/mol. The number of carbonyl (C=O) groups excluding carboxylic acids is 1. The van der Waals surface area contributed by atoms with Crippen LogP contribution in [-0.4, -0.2) is 11.7 Å². The van der Waals surface area contributed by atoms with Crippen molar-refractivity contribution in [1.29, 1.82) is 0 Å². The highest BCUT2D eigenvalue weighted by Crippen LogP contribution is 2.27. The summed E-state index contributed by atoms with van der Waals surface area (Å²) in [5.41, 5.74) is 1.01. The molecule has 3 nitrogen and oxygen atoms in total. The molecule has 1 aromatic carbocycles. The Labute approximate surface area is 121 Å². The van der Waals surface area contributed by atoms with Crippen molar-refractivity contribution < 1.29 is 13.6 Å². The molecule has 1 aromatic heterocycles. The molecule has 20 heavy (non-hydrogen) atoms. The molecule has 1 atom stereocenters. The minimum atomic E-state index is -0.248. The van der Waals surface area contributed by atoms with Crippen molar-refractivity contribution in [3.05, 3.63) is 59.8 Å². The number of nitrogens with one attached hydrogen (secondary N) is 1. The molecule has 0 saturated heterocycles. The van der Waals surface area contributed by atoms with Crippen LogP contribution in [0.25, 0.3) is 0 Å². The van der Waals surface area contributed by atoms with E-state index in [1.165, 1.54) is 23.9 Å². The van der Waals surface area contributed by atoms with Crippen molar-refractivity contribution >= 4 is 17.7 Å². The predicted octanol–water partition coefficient (Wildman–Crippen LogP) is 3.53. The zero-order chi connectivity index (χ0) is 14.4. The van der Waals surface area contributed by atoms with Crippen LogP contribution in [0.1, 0.15) is 23.5 Å². The van der Waals surface area contributed by atoms with E-state index in [1.54, 1.807) is 24.5 Å². The second kappa shape index (κ2) is 7.14. The third kappa shape index (κ3) is 4.42. The first kappa shape index (κ1) is 14.7. The Kier molecular flexibility index (Phi) is 5.24. The molecule has 2 aromatic rings. The second-order valence-corrected chi connectivity index (χ2v) is 5.69. The fourth-order valence-corrected chi connectivity index (χ4v) is 2.53. The summed E-state index contributed by atoms with van der Waals surface area (Å²) >= 11 is 1.52. The first-order chi connectivity index (χ1) is 9.65. The fourth-order valence-electron chi connectivity index (χ4n) is 1.68. The third-order valence-corrected chi connectivity index (χ3v) is 4.04. The van der Waals surface area contributed by atoms with Crippen LogP contribution in [0.15, 0.2) is 47.1 Å². The average molecular weight is 293 g/mol.